The van der Waals surface area contributed by atoms with Crippen molar-refractivity contribution in [1.29, 1.82) is 0 Å². The molecule has 3 aromatic carbocycles. The molecule has 168 valence electrons. The summed E-state index contributed by atoms with van der Waals surface area (Å²) in [6, 6.07) is 17.5. The van der Waals surface area contributed by atoms with Crippen molar-refractivity contribution in [2.24, 2.45) is 0 Å². The molecule has 0 atom stereocenters. The molecule has 0 unspecified atom stereocenters. The average Bonchev–Trinajstić information content (AvgIpc) is 2.80. The molecule has 2 N–H and O–H groups in total. The lowest BCUT2D eigenvalue weighted by Gasteiger charge is -2.13. The second-order valence-corrected chi connectivity index (χ2v) is 7.74. The van der Waals surface area contributed by atoms with Gasteiger partial charge in [0, 0.05) is 37.5 Å². The number of non-ortho nitro benzene ring substituents is 1. The van der Waals surface area contributed by atoms with Crippen molar-refractivity contribution in [2.75, 3.05) is 25.5 Å². The van der Waals surface area contributed by atoms with Crippen LogP contribution in [0, 0.1) is 10.1 Å². The maximum atomic E-state index is 10.7. The molecule has 32 heavy (non-hydrogen) atoms. The van der Waals surface area contributed by atoms with E-state index in [0.29, 0.717) is 41.2 Å². The van der Waals surface area contributed by atoms with Crippen molar-refractivity contribution < 1.29 is 14.4 Å². The number of hydrogen-bond donors (Lipinski definition) is 2. The minimum Gasteiger partial charge on any atom is -0.493 e. The molecule has 0 radical (unpaired) electrons. The highest BCUT2D eigenvalue weighted by molar-refractivity contribution is 6.42. The number of halogens is 2. The predicted molar refractivity (Wildman–Crippen MR) is 127 cm³/mol. The highest BCUT2D eigenvalue weighted by Gasteiger charge is 2.08. The van der Waals surface area contributed by atoms with E-state index in [4.69, 9.17) is 32.7 Å². The Bertz CT molecular complexity index is 1060. The van der Waals surface area contributed by atoms with Crippen LogP contribution in [-0.4, -0.2) is 25.1 Å². The van der Waals surface area contributed by atoms with Crippen LogP contribution in [0.4, 0.5) is 11.4 Å². The molecule has 0 spiro atoms. The summed E-state index contributed by atoms with van der Waals surface area (Å²) in [6.45, 7) is 2.40. The molecule has 0 saturated carbocycles. The predicted octanol–water partition coefficient (Wildman–Crippen LogP) is 5.69. The highest BCUT2D eigenvalue weighted by atomic mass is 35.5. The SMILES string of the molecule is COc1cc(CNCCNc2ccc([N+](=O)[O-])cc2)ccc1OCc1ccc(Cl)c(Cl)c1. The molecule has 3 aromatic rings. The third kappa shape index (κ3) is 6.75. The molecule has 0 saturated heterocycles. The van der Waals surface area contributed by atoms with E-state index in [9.17, 15) is 10.1 Å². The van der Waals surface area contributed by atoms with Crippen LogP contribution in [0.15, 0.2) is 60.7 Å². The summed E-state index contributed by atoms with van der Waals surface area (Å²) in [6.07, 6.45) is 0. The maximum Gasteiger partial charge on any atom is 0.269 e. The second kappa shape index (κ2) is 11.6. The fourth-order valence-electron chi connectivity index (χ4n) is 2.96. The Kier molecular flexibility index (Phi) is 8.56. The zero-order chi connectivity index (χ0) is 22.9. The zero-order valence-corrected chi connectivity index (χ0v) is 18.9. The van der Waals surface area contributed by atoms with Gasteiger partial charge >= 0.3 is 0 Å². The first-order valence-electron chi connectivity index (χ1n) is 9.89. The number of methoxy groups -OCH3 is 1. The van der Waals surface area contributed by atoms with E-state index in [1.807, 2.05) is 24.3 Å². The number of anilines is 1. The number of rotatable bonds is 11. The van der Waals surface area contributed by atoms with E-state index in [1.54, 1.807) is 31.4 Å². The number of nitrogens with zero attached hydrogens (tertiary/aromatic N) is 1. The van der Waals surface area contributed by atoms with Crippen LogP contribution >= 0.6 is 23.2 Å². The first-order chi connectivity index (χ1) is 15.5. The van der Waals surface area contributed by atoms with E-state index in [0.717, 1.165) is 23.4 Å². The summed E-state index contributed by atoms with van der Waals surface area (Å²) in [4.78, 5) is 10.3. The topological polar surface area (TPSA) is 85.7 Å². The molecule has 0 fully saturated rings. The van der Waals surface area contributed by atoms with Crippen LogP contribution in [0.1, 0.15) is 11.1 Å². The number of nitro benzene ring substituents is 1. The quantitative estimate of drug-likeness (QED) is 0.210. The van der Waals surface area contributed by atoms with E-state index < -0.39 is 4.92 Å². The maximum absolute atomic E-state index is 10.7. The monoisotopic (exact) mass is 475 g/mol. The number of nitrogens with one attached hydrogen (secondary N) is 2. The van der Waals surface area contributed by atoms with Crippen molar-refractivity contribution in [2.45, 2.75) is 13.2 Å². The summed E-state index contributed by atoms with van der Waals surface area (Å²) in [7, 11) is 1.60. The van der Waals surface area contributed by atoms with Crippen molar-refractivity contribution >= 4 is 34.6 Å². The molecule has 0 aromatic heterocycles. The Hall–Kier alpha value is -3.00. The van der Waals surface area contributed by atoms with Crippen molar-refractivity contribution in [3.8, 4) is 11.5 Å². The average molecular weight is 476 g/mol. The molecule has 7 nitrogen and oxygen atoms in total. The van der Waals surface area contributed by atoms with E-state index in [1.165, 1.54) is 12.1 Å². The van der Waals surface area contributed by atoms with Gasteiger partial charge in [-0.05, 0) is 47.5 Å². The Morgan fingerprint density at radius 1 is 0.906 bits per heavy atom. The molecular weight excluding hydrogens is 453 g/mol. The minimum atomic E-state index is -0.413. The molecule has 0 aliphatic heterocycles. The first-order valence-corrected chi connectivity index (χ1v) is 10.6. The van der Waals surface area contributed by atoms with Crippen molar-refractivity contribution in [1.82, 2.24) is 5.32 Å². The third-order valence-electron chi connectivity index (χ3n) is 4.64. The number of nitro groups is 1. The van der Waals surface area contributed by atoms with E-state index in [2.05, 4.69) is 10.6 Å². The molecule has 3 rings (SSSR count). The lowest BCUT2D eigenvalue weighted by Crippen LogP contribution is -2.21. The number of benzene rings is 3. The molecule has 9 heteroatoms. The summed E-state index contributed by atoms with van der Waals surface area (Å²) in [5.41, 5.74) is 2.88. The van der Waals surface area contributed by atoms with Gasteiger partial charge in [0.1, 0.15) is 6.61 Å². The summed E-state index contributed by atoms with van der Waals surface area (Å²) >= 11 is 12.0. The Morgan fingerprint density at radius 3 is 2.34 bits per heavy atom. The van der Waals surface area contributed by atoms with Crippen molar-refractivity contribution in [3.63, 3.8) is 0 Å². The van der Waals surface area contributed by atoms with Gasteiger partial charge in [-0.1, -0.05) is 35.3 Å². The van der Waals surface area contributed by atoms with Gasteiger partial charge < -0.3 is 20.1 Å². The van der Waals surface area contributed by atoms with Gasteiger partial charge in [0.05, 0.1) is 22.1 Å². The summed E-state index contributed by atoms with van der Waals surface area (Å²) in [5.74, 6) is 1.29. The summed E-state index contributed by atoms with van der Waals surface area (Å²) < 4.78 is 11.3. The van der Waals surface area contributed by atoms with Crippen LogP contribution in [0.5, 0.6) is 11.5 Å². The smallest absolute Gasteiger partial charge is 0.269 e. The van der Waals surface area contributed by atoms with Crippen LogP contribution in [0.2, 0.25) is 10.0 Å². The van der Waals surface area contributed by atoms with E-state index >= 15 is 0 Å². The molecule has 0 heterocycles. The van der Waals surface area contributed by atoms with Crippen LogP contribution in [0.25, 0.3) is 0 Å². The molecule has 0 aliphatic carbocycles. The molecular formula is C23H23Cl2N3O4. The van der Waals surface area contributed by atoms with Crippen LogP contribution < -0.4 is 20.1 Å². The minimum absolute atomic E-state index is 0.0759. The number of ether oxygens (including phenoxy) is 2. The van der Waals surface area contributed by atoms with Gasteiger partial charge in [-0.2, -0.15) is 0 Å². The standard InChI is InChI=1S/C23H23Cl2N3O4/c1-31-23-13-16(3-9-22(23)32-15-17-2-8-20(24)21(25)12-17)14-26-10-11-27-18-4-6-19(7-5-18)28(29)30/h2-9,12-13,26-27H,10-11,14-15H2,1H3. The van der Waals surface area contributed by atoms with Gasteiger partial charge in [0.25, 0.3) is 5.69 Å². The zero-order valence-electron chi connectivity index (χ0n) is 17.4. The summed E-state index contributed by atoms with van der Waals surface area (Å²) in [5, 5.41) is 18.3. The fourth-order valence-corrected chi connectivity index (χ4v) is 3.28. The third-order valence-corrected chi connectivity index (χ3v) is 5.38. The molecule has 0 amide bonds. The fraction of sp³-hybridized carbons (Fsp3) is 0.217. The molecule has 0 bridgehead atoms. The second-order valence-electron chi connectivity index (χ2n) is 6.93. The largest absolute Gasteiger partial charge is 0.493 e. The first kappa shape index (κ1) is 23.7. The lowest BCUT2D eigenvalue weighted by atomic mass is 10.2. The van der Waals surface area contributed by atoms with Gasteiger partial charge in [-0.3, -0.25) is 10.1 Å². The molecule has 0 aliphatic rings. The van der Waals surface area contributed by atoms with Gasteiger partial charge in [-0.25, -0.2) is 0 Å². The highest BCUT2D eigenvalue weighted by Crippen LogP contribution is 2.30. The van der Waals surface area contributed by atoms with Crippen molar-refractivity contribution in [3.05, 3.63) is 92.0 Å². The van der Waals surface area contributed by atoms with Crippen LogP contribution in [0.3, 0.4) is 0 Å². The van der Waals surface area contributed by atoms with E-state index in [-0.39, 0.29) is 5.69 Å². The number of hydrogen-bond acceptors (Lipinski definition) is 6. The Labute approximate surface area is 196 Å². The Balaban J connectivity index is 1.45. The van der Waals surface area contributed by atoms with Gasteiger partial charge in [0.15, 0.2) is 11.5 Å². The Morgan fingerprint density at radius 2 is 1.66 bits per heavy atom. The van der Waals surface area contributed by atoms with Gasteiger partial charge in [-0.15, -0.1) is 0 Å². The van der Waals surface area contributed by atoms with Crippen LogP contribution in [-0.2, 0) is 13.2 Å². The normalized spacial score (nSPS) is 10.6. The van der Waals surface area contributed by atoms with Gasteiger partial charge in [0.2, 0.25) is 0 Å². The lowest BCUT2D eigenvalue weighted by molar-refractivity contribution is -0.384.